The van der Waals surface area contributed by atoms with Crippen LogP contribution in [0.15, 0.2) is 34.2 Å². The Hall–Kier alpha value is -1.74. The fourth-order valence-corrected chi connectivity index (χ4v) is 4.47. The van der Waals surface area contributed by atoms with Crippen LogP contribution in [0.2, 0.25) is 5.15 Å². The van der Waals surface area contributed by atoms with Gasteiger partial charge in [0.1, 0.15) is 16.2 Å². The monoisotopic (exact) mass is 399 g/mol. The molecule has 0 aliphatic heterocycles. The molecule has 2 heterocycles. The van der Waals surface area contributed by atoms with Crippen molar-refractivity contribution in [1.82, 2.24) is 9.97 Å². The summed E-state index contributed by atoms with van der Waals surface area (Å²) in [5.74, 6) is 0.621. The van der Waals surface area contributed by atoms with Crippen molar-refractivity contribution in [2.24, 2.45) is 0 Å². The Labute approximate surface area is 167 Å². The first-order chi connectivity index (χ1) is 12.4. The fraction of sp³-hybridized carbons (Fsp3) is 0.250. The van der Waals surface area contributed by atoms with Crippen LogP contribution in [0.4, 0.5) is 0 Å². The summed E-state index contributed by atoms with van der Waals surface area (Å²) in [7, 11) is 0. The number of benzene rings is 1. The van der Waals surface area contributed by atoms with Gasteiger partial charge in [-0.25, -0.2) is 9.97 Å². The van der Waals surface area contributed by atoms with Gasteiger partial charge in [0.2, 0.25) is 0 Å². The molecule has 0 fully saturated rings. The average molecular weight is 400 g/mol. The quantitative estimate of drug-likeness (QED) is 0.392. The number of fused-ring (bicyclic) bond motifs is 1. The van der Waals surface area contributed by atoms with Gasteiger partial charge in [0.15, 0.2) is 0 Å². The Morgan fingerprint density at radius 3 is 2.58 bits per heavy atom. The second kappa shape index (κ2) is 7.87. The standard InChI is InChI=1S/C20H18ClN3S2/c1-11-12(2)17(9-22)20(23-13(11)3)26-10-15-7-14-5-6-16(25-4)8-18(14)24-19(15)21/h5-8H,10H2,1-4H3. The van der Waals surface area contributed by atoms with Crippen LogP contribution in [-0.2, 0) is 5.75 Å². The summed E-state index contributed by atoms with van der Waals surface area (Å²) in [5, 5.41) is 11.8. The molecule has 26 heavy (non-hydrogen) atoms. The van der Waals surface area contributed by atoms with Gasteiger partial charge < -0.3 is 0 Å². The van der Waals surface area contributed by atoms with Crippen LogP contribution in [0.1, 0.15) is 27.9 Å². The average Bonchev–Trinajstić information content (AvgIpc) is 2.64. The van der Waals surface area contributed by atoms with E-state index in [2.05, 4.69) is 34.2 Å². The Balaban J connectivity index is 1.93. The van der Waals surface area contributed by atoms with Crippen LogP contribution >= 0.6 is 35.1 Å². The molecule has 6 heteroatoms. The highest BCUT2D eigenvalue weighted by molar-refractivity contribution is 7.98. The van der Waals surface area contributed by atoms with Crippen molar-refractivity contribution in [3.05, 3.63) is 57.4 Å². The first kappa shape index (κ1) is 19.0. The lowest BCUT2D eigenvalue weighted by atomic mass is 10.1. The van der Waals surface area contributed by atoms with Gasteiger partial charge in [0.25, 0.3) is 0 Å². The van der Waals surface area contributed by atoms with E-state index in [1.165, 1.54) is 11.8 Å². The highest BCUT2D eigenvalue weighted by atomic mass is 35.5. The number of thioether (sulfide) groups is 2. The van der Waals surface area contributed by atoms with E-state index in [9.17, 15) is 5.26 Å². The molecule has 0 saturated heterocycles. The molecule has 132 valence electrons. The first-order valence-corrected chi connectivity index (χ1v) is 10.7. The van der Waals surface area contributed by atoms with E-state index in [-0.39, 0.29) is 0 Å². The number of rotatable bonds is 4. The van der Waals surface area contributed by atoms with Gasteiger partial charge in [-0.05, 0) is 56.4 Å². The molecule has 1 aromatic carbocycles. The third-order valence-corrected chi connectivity index (χ3v) is 6.57. The van der Waals surface area contributed by atoms with E-state index >= 15 is 0 Å². The van der Waals surface area contributed by atoms with E-state index in [4.69, 9.17) is 11.6 Å². The molecule has 0 N–H and O–H groups in total. The number of nitrogens with zero attached hydrogens (tertiary/aromatic N) is 3. The zero-order chi connectivity index (χ0) is 18.8. The molecule has 3 rings (SSSR count). The maximum atomic E-state index is 9.51. The van der Waals surface area contributed by atoms with E-state index < -0.39 is 0 Å². The number of aromatic nitrogens is 2. The fourth-order valence-electron chi connectivity index (χ4n) is 2.69. The molecule has 0 aliphatic rings. The first-order valence-electron chi connectivity index (χ1n) is 8.08. The van der Waals surface area contributed by atoms with E-state index in [0.29, 0.717) is 16.5 Å². The number of halogens is 1. The van der Waals surface area contributed by atoms with Gasteiger partial charge in [0.05, 0.1) is 11.1 Å². The smallest absolute Gasteiger partial charge is 0.133 e. The Morgan fingerprint density at radius 1 is 1.12 bits per heavy atom. The Morgan fingerprint density at radius 2 is 1.88 bits per heavy atom. The molecule has 3 aromatic rings. The van der Waals surface area contributed by atoms with Crippen LogP contribution in [-0.4, -0.2) is 16.2 Å². The van der Waals surface area contributed by atoms with Gasteiger partial charge in [-0.2, -0.15) is 5.26 Å². The summed E-state index contributed by atoms with van der Waals surface area (Å²) in [6.45, 7) is 5.95. The number of hydrogen-bond acceptors (Lipinski definition) is 5. The normalized spacial score (nSPS) is 10.9. The van der Waals surface area contributed by atoms with E-state index in [0.717, 1.165) is 43.2 Å². The topological polar surface area (TPSA) is 49.6 Å². The van der Waals surface area contributed by atoms with Gasteiger partial charge in [0, 0.05) is 27.3 Å². The highest BCUT2D eigenvalue weighted by Gasteiger charge is 2.14. The molecule has 2 aromatic heterocycles. The molecule has 0 atom stereocenters. The minimum Gasteiger partial charge on any atom is -0.245 e. The predicted octanol–water partition coefficient (Wildman–Crippen LogP) is 6.09. The Kier molecular flexibility index (Phi) is 5.76. The number of aryl methyl sites for hydroxylation is 1. The summed E-state index contributed by atoms with van der Waals surface area (Å²) in [6, 6.07) is 10.6. The van der Waals surface area contributed by atoms with Crippen molar-refractivity contribution in [2.75, 3.05) is 6.26 Å². The molecule has 0 radical (unpaired) electrons. The summed E-state index contributed by atoms with van der Waals surface area (Å²) in [5.41, 5.74) is 5.51. The van der Waals surface area contributed by atoms with Crippen molar-refractivity contribution < 1.29 is 0 Å². The molecule has 0 saturated carbocycles. The van der Waals surface area contributed by atoms with Gasteiger partial charge in [-0.3, -0.25) is 0 Å². The van der Waals surface area contributed by atoms with Gasteiger partial charge in [-0.15, -0.1) is 23.5 Å². The van der Waals surface area contributed by atoms with E-state index in [1.54, 1.807) is 11.8 Å². The third-order valence-electron chi connectivity index (χ3n) is 4.49. The molecule has 0 aliphatic carbocycles. The molecule has 0 unspecified atom stereocenters. The van der Waals surface area contributed by atoms with Crippen LogP contribution in [0.3, 0.4) is 0 Å². The Bertz CT molecular complexity index is 1040. The van der Waals surface area contributed by atoms with Crippen molar-refractivity contribution >= 4 is 46.0 Å². The van der Waals surface area contributed by atoms with Crippen molar-refractivity contribution in [1.29, 1.82) is 5.26 Å². The maximum Gasteiger partial charge on any atom is 0.133 e. The lowest BCUT2D eigenvalue weighted by Gasteiger charge is -2.12. The second-order valence-electron chi connectivity index (χ2n) is 6.02. The molecule has 3 nitrogen and oxygen atoms in total. The zero-order valence-electron chi connectivity index (χ0n) is 15.1. The SMILES string of the molecule is CSc1ccc2cc(CSc3nc(C)c(C)c(C)c3C#N)c(Cl)nc2c1. The van der Waals surface area contributed by atoms with Crippen molar-refractivity contribution in [2.45, 2.75) is 36.4 Å². The number of hydrogen-bond donors (Lipinski definition) is 0. The molecule has 0 bridgehead atoms. The van der Waals surface area contributed by atoms with E-state index in [1.807, 2.05) is 33.1 Å². The molecule has 0 amide bonds. The van der Waals surface area contributed by atoms with Crippen LogP contribution < -0.4 is 0 Å². The largest absolute Gasteiger partial charge is 0.245 e. The molecular formula is C20H18ClN3S2. The molecule has 0 spiro atoms. The maximum absolute atomic E-state index is 9.51. The minimum absolute atomic E-state index is 0.502. The summed E-state index contributed by atoms with van der Waals surface area (Å²) >= 11 is 9.62. The lowest BCUT2D eigenvalue weighted by Crippen LogP contribution is -1.99. The van der Waals surface area contributed by atoms with Crippen molar-refractivity contribution in [3.8, 4) is 6.07 Å². The summed E-state index contributed by atoms with van der Waals surface area (Å²) in [4.78, 5) is 10.3. The van der Waals surface area contributed by atoms with Crippen LogP contribution in [0.25, 0.3) is 10.9 Å². The minimum atomic E-state index is 0.502. The van der Waals surface area contributed by atoms with Gasteiger partial charge in [-0.1, -0.05) is 17.7 Å². The van der Waals surface area contributed by atoms with Crippen LogP contribution in [0.5, 0.6) is 0 Å². The van der Waals surface area contributed by atoms with Crippen LogP contribution in [0, 0.1) is 32.1 Å². The predicted molar refractivity (Wildman–Crippen MR) is 111 cm³/mol. The summed E-state index contributed by atoms with van der Waals surface area (Å²) in [6.07, 6.45) is 2.04. The lowest BCUT2D eigenvalue weighted by molar-refractivity contribution is 0.998. The van der Waals surface area contributed by atoms with Gasteiger partial charge >= 0.3 is 0 Å². The molecular weight excluding hydrogens is 382 g/mol. The zero-order valence-corrected chi connectivity index (χ0v) is 17.4. The third kappa shape index (κ3) is 3.68. The number of nitriles is 1. The summed E-state index contributed by atoms with van der Waals surface area (Å²) < 4.78 is 0. The highest BCUT2D eigenvalue weighted by Crippen LogP contribution is 2.32. The van der Waals surface area contributed by atoms with Crippen molar-refractivity contribution in [3.63, 3.8) is 0 Å². The second-order valence-corrected chi connectivity index (χ2v) is 8.23. The number of pyridine rings is 2.